The average Bonchev–Trinajstić information content (AvgIpc) is 3.03. The molecule has 4 unspecified atom stereocenters. The number of quaternary nitrogens is 1. The van der Waals surface area contributed by atoms with Gasteiger partial charge in [0.2, 0.25) is 0 Å². The highest BCUT2D eigenvalue weighted by molar-refractivity contribution is 7.47. The molecule has 0 spiro atoms. The van der Waals surface area contributed by atoms with E-state index >= 15 is 0 Å². The number of ether oxygens (including phenoxy) is 1. The normalized spacial score (nSPS) is 17.7. The summed E-state index contributed by atoms with van der Waals surface area (Å²) in [5.74, 6) is 0. The highest BCUT2D eigenvalue weighted by Crippen LogP contribution is 2.43. The number of phosphoric ester groups is 1. The molecule has 0 aromatic heterocycles. The van der Waals surface area contributed by atoms with Crippen LogP contribution in [-0.4, -0.2) is 151 Å². The Morgan fingerprint density at radius 1 is 0.484 bits per heavy atom. The Morgan fingerprint density at radius 2 is 0.919 bits per heavy atom. The van der Waals surface area contributed by atoms with E-state index in [2.05, 4.69) is 113 Å². The maximum absolute atomic E-state index is 12.6. The van der Waals surface area contributed by atoms with E-state index in [1.165, 1.54) is 6.04 Å². The van der Waals surface area contributed by atoms with Crippen molar-refractivity contribution in [2.24, 2.45) is 0 Å². The number of hydrogen-bond donors (Lipinski definition) is 1. The number of hydrogen-bond acceptors (Lipinski definition) is 12. The van der Waals surface area contributed by atoms with Crippen LogP contribution in [0.15, 0.2) is 0 Å². The molecule has 0 aromatic rings. The van der Waals surface area contributed by atoms with Crippen molar-refractivity contribution in [2.75, 3.05) is 73.4 Å². The fourth-order valence-corrected chi connectivity index (χ4v) is 42.3. The fraction of sp³-hybridized carbons (Fsp3) is 1.00. The molecule has 23 heteroatoms. The van der Waals surface area contributed by atoms with Crippen molar-refractivity contribution in [3.8, 4) is 0 Å². The Balaban J connectivity index is 6.25. The standard InChI is InChI=1S/C39H98NO13PSi8/c1-21-25-29-40(5,6)30-32-44-54(41,42)45-34-33-43-31-26-36-61(20,53-60(19,50-57(13,14)15)37-27-35-55(7,8)9)52-58(16,17)51-59(18,49-56(10,11)12)38-28-39-62(46-22-2,47-23-3)48-24-4/h21-39H2,1-20H3/p+1. The van der Waals surface area contributed by atoms with Crippen molar-refractivity contribution in [3.63, 3.8) is 0 Å². The first-order chi connectivity index (χ1) is 28.1. The molecule has 0 bridgehead atoms. The third-order valence-electron chi connectivity index (χ3n) is 9.63. The lowest BCUT2D eigenvalue weighted by Crippen LogP contribution is -2.62. The van der Waals surface area contributed by atoms with Crippen LogP contribution in [0.2, 0.25) is 122 Å². The first-order valence-electron chi connectivity index (χ1n) is 23.5. The second-order valence-corrected chi connectivity index (χ2v) is 54.8. The van der Waals surface area contributed by atoms with Gasteiger partial charge in [0.15, 0.2) is 16.6 Å². The van der Waals surface area contributed by atoms with Crippen LogP contribution < -0.4 is 0 Å². The molecule has 4 atom stereocenters. The number of likely N-dealkylation sites (N-methyl/N-ethyl adjacent to an activating group) is 1. The first kappa shape index (κ1) is 63.4. The molecule has 1 N–H and O–H groups in total. The summed E-state index contributed by atoms with van der Waals surface area (Å²) in [5, 5.41) is 0. The second kappa shape index (κ2) is 28.2. The van der Waals surface area contributed by atoms with Gasteiger partial charge in [0.25, 0.3) is 0 Å². The Labute approximate surface area is 390 Å². The van der Waals surface area contributed by atoms with Gasteiger partial charge in [-0.1, -0.05) is 45.5 Å². The zero-order valence-corrected chi connectivity index (χ0v) is 52.6. The van der Waals surface area contributed by atoms with Gasteiger partial charge in [0.1, 0.15) is 13.2 Å². The van der Waals surface area contributed by atoms with E-state index < -0.39 is 75.6 Å². The fourth-order valence-electron chi connectivity index (χ4n) is 7.70. The van der Waals surface area contributed by atoms with E-state index in [0.29, 0.717) is 51.5 Å². The van der Waals surface area contributed by atoms with Gasteiger partial charge in [-0.2, -0.15) is 0 Å². The Hall–Kier alpha value is 1.45. The number of unbranched alkanes of at least 4 members (excludes halogenated alkanes) is 1. The van der Waals surface area contributed by atoms with Gasteiger partial charge in [-0.05, 0) is 130 Å². The van der Waals surface area contributed by atoms with E-state index in [1.807, 2.05) is 20.8 Å². The molecule has 0 fully saturated rings. The molecular formula is C39H99NO13PSi8+. The summed E-state index contributed by atoms with van der Waals surface area (Å²) in [5.41, 5.74) is 0. The molecule has 0 aromatic carbocycles. The highest BCUT2D eigenvalue weighted by atomic mass is 31.2. The van der Waals surface area contributed by atoms with Gasteiger partial charge in [-0.25, -0.2) is 4.57 Å². The highest BCUT2D eigenvalue weighted by Gasteiger charge is 2.51. The van der Waals surface area contributed by atoms with Crippen LogP contribution in [0.3, 0.4) is 0 Å². The van der Waals surface area contributed by atoms with Crippen LogP contribution in [0.1, 0.15) is 59.8 Å². The van der Waals surface area contributed by atoms with Crippen molar-refractivity contribution >= 4 is 75.6 Å². The molecule has 14 nitrogen and oxygen atoms in total. The quantitative estimate of drug-likeness (QED) is 0.0271. The summed E-state index contributed by atoms with van der Waals surface area (Å²) >= 11 is 0. The minimum absolute atomic E-state index is 0.0485. The number of nitrogens with zero attached hydrogens (tertiary/aromatic N) is 1. The van der Waals surface area contributed by atoms with Crippen LogP contribution in [0, 0.1) is 0 Å². The summed E-state index contributed by atoms with van der Waals surface area (Å²) < 4.78 is 84.5. The van der Waals surface area contributed by atoms with E-state index in [0.717, 1.165) is 48.8 Å². The first-order valence-corrected chi connectivity index (χ1v) is 47.9. The monoisotopic (exact) mass is 1040 g/mol. The Morgan fingerprint density at radius 3 is 1.37 bits per heavy atom. The SMILES string of the molecule is CCCC[N+](C)(C)CCOP(=O)(O)OCCOCCC[Si](C)(O[Si](C)(C)O[Si](C)(CCC[Si](OCC)(OCC)OCC)O[Si](C)(C)C)O[Si](C)(CCC[Si](C)(C)C)O[Si](C)(C)C. The third kappa shape index (κ3) is 31.5. The minimum Gasteiger partial charge on any atom is -0.437 e. The smallest absolute Gasteiger partial charge is 0.437 e. The van der Waals surface area contributed by atoms with Gasteiger partial charge in [-0.15, -0.1) is 0 Å². The number of rotatable bonds is 39. The van der Waals surface area contributed by atoms with Crippen molar-refractivity contribution in [2.45, 2.75) is 182 Å². The molecule has 0 heterocycles. The summed E-state index contributed by atoms with van der Waals surface area (Å²) in [6.45, 7) is 43.5. The molecule has 0 aliphatic rings. The molecular weight excluding hydrogens is 946 g/mol. The van der Waals surface area contributed by atoms with Gasteiger partial charge >= 0.3 is 50.9 Å². The average molecular weight is 1050 g/mol. The molecule has 0 radical (unpaired) electrons. The lowest BCUT2D eigenvalue weighted by atomic mass is 10.3. The molecule has 0 saturated heterocycles. The van der Waals surface area contributed by atoms with Gasteiger partial charge in [0.05, 0.1) is 33.9 Å². The van der Waals surface area contributed by atoms with Crippen LogP contribution in [0.5, 0.6) is 0 Å². The van der Waals surface area contributed by atoms with E-state index in [1.54, 1.807) is 0 Å². The summed E-state index contributed by atoms with van der Waals surface area (Å²) in [6.07, 6.45) is 4.75. The zero-order valence-electron chi connectivity index (χ0n) is 43.7. The van der Waals surface area contributed by atoms with Gasteiger partial charge in [0, 0.05) is 40.5 Å². The van der Waals surface area contributed by atoms with Crippen molar-refractivity contribution < 1.29 is 61.6 Å². The number of phosphoric acid groups is 1. The Bertz CT molecular complexity index is 1260. The minimum atomic E-state index is -4.19. The molecule has 0 rings (SSSR count). The topological polar surface area (TPSA) is 139 Å². The van der Waals surface area contributed by atoms with Crippen molar-refractivity contribution in [1.82, 2.24) is 0 Å². The maximum atomic E-state index is 12.6. The maximum Gasteiger partial charge on any atom is 0.500 e. The lowest BCUT2D eigenvalue weighted by molar-refractivity contribution is -0.890. The largest absolute Gasteiger partial charge is 0.500 e. The predicted octanol–water partition coefficient (Wildman–Crippen LogP) is 11.2. The molecule has 0 aliphatic carbocycles. The lowest BCUT2D eigenvalue weighted by Gasteiger charge is -2.45. The van der Waals surface area contributed by atoms with Crippen molar-refractivity contribution in [1.29, 1.82) is 0 Å². The summed E-state index contributed by atoms with van der Waals surface area (Å²) in [7, 11) is -19.5. The van der Waals surface area contributed by atoms with Crippen molar-refractivity contribution in [3.05, 3.63) is 0 Å². The van der Waals surface area contributed by atoms with E-state index in [9.17, 15) is 9.46 Å². The zero-order chi connectivity index (χ0) is 48.2. The van der Waals surface area contributed by atoms with E-state index in [4.69, 9.17) is 47.6 Å². The molecule has 62 heavy (non-hydrogen) atoms. The third-order valence-corrected chi connectivity index (χ3v) is 38.6. The summed E-state index contributed by atoms with van der Waals surface area (Å²) in [6, 6.07) is 4.26. The molecule has 0 amide bonds. The van der Waals surface area contributed by atoms with Crippen LogP contribution >= 0.6 is 7.82 Å². The summed E-state index contributed by atoms with van der Waals surface area (Å²) in [4.78, 5) is 10.3. The molecule has 374 valence electrons. The molecule has 0 aliphatic heterocycles. The molecule has 0 saturated carbocycles. The van der Waals surface area contributed by atoms with Crippen LogP contribution in [0.4, 0.5) is 0 Å². The van der Waals surface area contributed by atoms with Gasteiger partial charge in [-0.3, -0.25) is 9.05 Å². The van der Waals surface area contributed by atoms with E-state index in [-0.39, 0.29) is 19.8 Å². The second-order valence-electron chi connectivity index (χ2n) is 21.4. The Kier molecular flexibility index (Phi) is 28.9. The predicted molar refractivity (Wildman–Crippen MR) is 276 cm³/mol. The van der Waals surface area contributed by atoms with Gasteiger partial charge < -0.3 is 48.0 Å². The van der Waals surface area contributed by atoms with Crippen LogP contribution in [0.25, 0.3) is 0 Å². The van der Waals surface area contributed by atoms with Crippen LogP contribution in [-0.2, 0) is 52.2 Å².